The predicted molar refractivity (Wildman–Crippen MR) is 114 cm³/mol. The van der Waals surface area contributed by atoms with Gasteiger partial charge in [0.2, 0.25) is 11.8 Å². The lowest BCUT2D eigenvalue weighted by Crippen LogP contribution is -2.43. The van der Waals surface area contributed by atoms with Crippen LogP contribution in [0.15, 0.2) is 48.0 Å². The normalized spacial score (nSPS) is 16.4. The third-order valence-corrected chi connectivity index (χ3v) is 5.84. The largest absolute Gasteiger partial charge is 0.368 e. The van der Waals surface area contributed by atoms with Crippen LogP contribution in [0.2, 0.25) is 0 Å². The second-order valence-electron chi connectivity index (χ2n) is 7.15. The van der Waals surface area contributed by atoms with Gasteiger partial charge in [-0.15, -0.1) is 11.3 Å². The summed E-state index contributed by atoms with van der Waals surface area (Å²) in [7, 11) is 0. The van der Waals surface area contributed by atoms with E-state index in [4.69, 9.17) is 10.5 Å². The number of carbonyl (C=O) groups is 2. The van der Waals surface area contributed by atoms with Crippen LogP contribution in [0.4, 0.5) is 0 Å². The minimum absolute atomic E-state index is 0.0495. The number of nitrogens with zero attached hydrogens (tertiary/aromatic N) is 3. The van der Waals surface area contributed by atoms with Crippen molar-refractivity contribution in [2.45, 2.75) is 19.4 Å². The maximum atomic E-state index is 12.7. The molecule has 1 saturated heterocycles. The Morgan fingerprint density at radius 3 is 2.83 bits per heavy atom. The van der Waals surface area contributed by atoms with E-state index in [1.807, 2.05) is 35.4 Å². The molecule has 3 heterocycles. The maximum Gasteiger partial charge on any atom is 0.248 e. The fourth-order valence-electron chi connectivity index (χ4n) is 3.43. The van der Waals surface area contributed by atoms with E-state index >= 15 is 0 Å². The highest BCUT2D eigenvalue weighted by atomic mass is 32.1. The summed E-state index contributed by atoms with van der Waals surface area (Å²) in [5.41, 5.74) is 9.14. The summed E-state index contributed by atoms with van der Waals surface area (Å²) >= 11 is 1.55. The second-order valence-corrected chi connectivity index (χ2v) is 8.21. The van der Waals surface area contributed by atoms with Crippen molar-refractivity contribution in [2.75, 3.05) is 19.7 Å². The molecule has 0 aliphatic carbocycles. The first-order chi connectivity index (χ1) is 14.5. The number of hydrogen-bond acceptors (Lipinski definition) is 6. The Bertz CT molecular complexity index is 1060. The van der Waals surface area contributed by atoms with Gasteiger partial charge in [0.05, 0.1) is 36.0 Å². The quantitative estimate of drug-likeness (QED) is 0.682. The number of nitrogens with two attached hydrogens (primary N) is 1. The predicted octanol–water partition coefficient (Wildman–Crippen LogP) is 2.76. The van der Waals surface area contributed by atoms with E-state index in [2.05, 4.69) is 9.97 Å². The Kier molecular flexibility index (Phi) is 5.87. The van der Waals surface area contributed by atoms with Crippen LogP contribution in [0, 0.1) is 6.92 Å². The van der Waals surface area contributed by atoms with Crippen LogP contribution in [-0.4, -0.2) is 46.4 Å². The monoisotopic (exact) mass is 422 g/mol. The fraction of sp³-hybridized carbons (Fsp3) is 0.273. The molecule has 0 spiro atoms. The SMILES string of the molecule is Cc1nc(CC(=O)N2CCO[C@H](c3ccc(-c4cccc(C(N)=O)c4)cn3)C2)cs1. The number of ether oxygens (including phenoxy) is 1. The molecule has 0 unspecified atom stereocenters. The van der Waals surface area contributed by atoms with Crippen molar-refractivity contribution in [3.8, 4) is 11.1 Å². The van der Waals surface area contributed by atoms with Crippen molar-refractivity contribution >= 4 is 23.2 Å². The molecule has 0 bridgehead atoms. The number of carbonyl (C=O) groups excluding carboxylic acids is 2. The van der Waals surface area contributed by atoms with Crippen molar-refractivity contribution in [3.63, 3.8) is 0 Å². The van der Waals surface area contributed by atoms with Gasteiger partial charge in [0.1, 0.15) is 6.10 Å². The number of amides is 2. The summed E-state index contributed by atoms with van der Waals surface area (Å²) in [6.07, 6.45) is 1.78. The van der Waals surface area contributed by atoms with E-state index in [0.29, 0.717) is 31.7 Å². The van der Waals surface area contributed by atoms with Gasteiger partial charge in [-0.1, -0.05) is 18.2 Å². The van der Waals surface area contributed by atoms with Crippen molar-refractivity contribution in [2.24, 2.45) is 5.73 Å². The Labute approximate surface area is 178 Å². The Morgan fingerprint density at radius 2 is 2.13 bits per heavy atom. The van der Waals surface area contributed by atoms with Gasteiger partial charge in [0.15, 0.2) is 0 Å². The lowest BCUT2D eigenvalue weighted by Gasteiger charge is -2.32. The van der Waals surface area contributed by atoms with Gasteiger partial charge in [-0.2, -0.15) is 0 Å². The zero-order valence-corrected chi connectivity index (χ0v) is 17.4. The van der Waals surface area contributed by atoms with Crippen LogP contribution < -0.4 is 5.73 Å². The molecular formula is C22H22N4O3S. The molecule has 4 rings (SSSR count). The first-order valence-corrected chi connectivity index (χ1v) is 10.5. The summed E-state index contributed by atoms with van der Waals surface area (Å²) in [5.74, 6) is -0.414. The summed E-state index contributed by atoms with van der Waals surface area (Å²) in [6.45, 7) is 3.43. The van der Waals surface area contributed by atoms with E-state index in [1.54, 1.807) is 35.7 Å². The van der Waals surface area contributed by atoms with Gasteiger partial charge >= 0.3 is 0 Å². The molecule has 1 fully saturated rings. The first kappa shape index (κ1) is 20.2. The van der Waals surface area contributed by atoms with Gasteiger partial charge < -0.3 is 15.4 Å². The second kappa shape index (κ2) is 8.73. The maximum absolute atomic E-state index is 12.7. The van der Waals surface area contributed by atoms with E-state index in [9.17, 15) is 9.59 Å². The molecule has 0 saturated carbocycles. The molecule has 0 radical (unpaired) electrons. The Balaban J connectivity index is 1.44. The average Bonchev–Trinajstić information content (AvgIpc) is 3.18. The standard InChI is InChI=1S/C22H22N4O3S/c1-14-25-18(13-30-14)10-21(27)26-7-8-29-20(12-26)19-6-5-17(11-24-19)15-3-2-4-16(9-15)22(23)28/h2-6,9,11,13,20H,7-8,10,12H2,1H3,(H2,23,28)/t20-/m0/s1. The number of hydrogen-bond donors (Lipinski definition) is 1. The number of aromatic nitrogens is 2. The molecule has 8 heteroatoms. The van der Waals surface area contributed by atoms with Gasteiger partial charge in [-0.05, 0) is 30.7 Å². The van der Waals surface area contributed by atoms with E-state index in [0.717, 1.165) is 27.5 Å². The summed E-state index contributed by atoms with van der Waals surface area (Å²) < 4.78 is 5.86. The van der Waals surface area contributed by atoms with E-state index < -0.39 is 5.91 Å². The van der Waals surface area contributed by atoms with E-state index in [1.165, 1.54) is 0 Å². The van der Waals surface area contributed by atoms with E-state index in [-0.39, 0.29) is 12.0 Å². The van der Waals surface area contributed by atoms with Gasteiger partial charge in [0.25, 0.3) is 0 Å². The molecule has 2 amide bonds. The molecule has 2 N–H and O–H groups in total. The zero-order chi connectivity index (χ0) is 21.1. The van der Waals surface area contributed by atoms with Gasteiger partial charge in [-0.3, -0.25) is 14.6 Å². The molecule has 1 aliphatic heterocycles. The van der Waals surface area contributed by atoms with Crippen LogP contribution in [0.3, 0.4) is 0 Å². The molecular weight excluding hydrogens is 400 g/mol. The van der Waals surface area contributed by atoms with Crippen molar-refractivity contribution < 1.29 is 14.3 Å². The van der Waals surface area contributed by atoms with Crippen LogP contribution in [0.5, 0.6) is 0 Å². The molecule has 154 valence electrons. The lowest BCUT2D eigenvalue weighted by atomic mass is 10.0. The number of primary amides is 1. The van der Waals surface area contributed by atoms with Crippen LogP contribution in [-0.2, 0) is 16.0 Å². The minimum Gasteiger partial charge on any atom is -0.368 e. The smallest absolute Gasteiger partial charge is 0.248 e. The van der Waals surface area contributed by atoms with Crippen LogP contribution >= 0.6 is 11.3 Å². The molecule has 30 heavy (non-hydrogen) atoms. The third-order valence-electron chi connectivity index (χ3n) is 5.01. The Morgan fingerprint density at radius 1 is 1.27 bits per heavy atom. The van der Waals surface area contributed by atoms with Crippen molar-refractivity contribution in [3.05, 3.63) is 69.9 Å². The minimum atomic E-state index is -0.463. The number of benzene rings is 1. The highest BCUT2D eigenvalue weighted by molar-refractivity contribution is 7.09. The number of rotatable bonds is 5. The number of aryl methyl sites for hydroxylation is 1. The summed E-state index contributed by atoms with van der Waals surface area (Å²) in [5, 5.41) is 2.89. The van der Waals surface area contributed by atoms with Crippen LogP contribution in [0.1, 0.15) is 32.9 Å². The first-order valence-electron chi connectivity index (χ1n) is 9.66. The molecule has 2 aromatic heterocycles. The summed E-state index contributed by atoms with van der Waals surface area (Å²) in [4.78, 5) is 34.8. The number of morpholine rings is 1. The van der Waals surface area contributed by atoms with Gasteiger partial charge in [-0.25, -0.2) is 4.98 Å². The molecule has 1 aliphatic rings. The average molecular weight is 423 g/mol. The van der Waals surface area contributed by atoms with Crippen molar-refractivity contribution in [1.29, 1.82) is 0 Å². The highest BCUT2D eigenvalue weighted by Gasteiger charge is 2.26. The topological polar surface area (TPSA) is 98.4 Å². The highest BCUT2D eigenvalue weighted by Crippen LogP contribution is 2.25. The summed E-state index contributed by atoms with van der Waals surface area (Å²) in [6, 6.07) is 11.0. The van der Waals surface area contributed by atoms with Crippen LogP contribution in [0.25, 0.3) is 11.1 Å². The third kappa shape index (κ3) is 4.55. The van der Waals surface area contributed by atoms with Crippen molar-refractivity contribution in [1.82, 2.24) is 14.9 Å². The molecule has 1 atom stereocenters. The fourth-order valence-corrected chi connectivity index (χ4v) is 4.04. The molecule has 1 aromatic carbocycles. The molecule has 7 nitrogen and oxygen atoms in total. The number of thiazole rings is 1. The van der Waals surface area contributed by atoms with Gasteiger partial charge in [0, 0.05) is 29.2 Å². The lowest BCUT2D eigenvalue weighted by molar-refractivity contribution is -0.138. The Hall–Kier alpha value is -3.10. The molecule has 3 aromatic rings. The number of pyridine rings is 1. The zero-order valence-electron chi connectivity index (χ0n) is 16.6.